The van der Waals surface area contributed by atoms with Crippen molar-refractivity contribution in [2.24, 2.45) is 0 Å². The number of aromatic nitrogens is 4. The highest BCUT2D eigenvalue weighted by molar-refractivity contribution is 9.10. The third-order valence-corrected chi connectivity index (χ3v) is 6.30. The first-order valence-corrected chi connectivity index (χ1v) is 11.3. The van der Waals surface area contributed by atoms with Crippen molar-refractivity contribution in [3.05, 3.63) is 75.0 Å². The van der Waals surface area contributed by atoms with Crippen molar-refractivity contribution in [1.82, 2.24) is 20.2 Å². The molecule has 5 aromatic rings. The van der Waals surface area contributed by atoms with Crippen LogP contribution >= 0.6 is 39.1 Å². The molecule has 3 aromatic carbocycles. The molecule has 33 heavy (non-hydrogen) atoms. The molecule has 0 saturated heterocycles. The Hall–Kier alpha value is -3.07. The first-order valence-electron chi connectivity index (χ1n) is 9.75. The summed E-state index contributed by atoms with van der Waals surface area (Å²) in [5, 5.41) is 9.08. The molecular weight excluding hydrogens is 531 g/mol. The van der Waals surface area contributed by atoms with Gasteiger partial charge in [-0.2, -0.15) is 0 Å². The fraction of sp³-hybridized carbons (Fsp3) is 0.0870. The molecule has 166 valence electrons. The number of ether oxygens (including phenoxy) is 2. The Morgan fingerprint density at radius 1 is 1.00 bits per heavy atom. The van der Waals surface area contributed by atoms with E-state index in [4.69, 9.17) is 37.1 Å². The predicted molar refractivity (Wildman–Crippen MR) is 130 cm³/mol. The molecule has 0 aliphatic rings. The van der Waals surface area contributed by atoms with Crippen LogP contribution in [-0.2, 0) is 6.61 Å². The Kier molecular flexibility index (Phi) is 5.97. The Balaban J connectivity index is 1.36. The van der Waals surface area contributed by atoms with E-state index >= 15 is 0 Å². The van der Waals surface area contributed by atoms with Gasteiger partial charge in [-0.15, -0.1) is 10.2 Å². The Bertz CT molecular complexity index is 1430. The van der Waals surface area contributed by atoms with Crippen molar-refractivity contribution >= 4 is 50.2 Å². The molecule has 1 N–H and O–H groups in total. The van der Waals surface area contributed by atoms with E-state index in [2.05, 4.69) is 36.1 Å². The topological polar surface area (TPSA) is 86.1 Å². The Morgan fingerprint density at radius 3 is 2.64 bits per heavy atom. The number of imidazole rings is 1. The van der Waals surface area contributed by atoms with Gasteiger partial charge in [0, 0.05) is 10.0 Å². The standard InChI is InChI=1S/C23H15BrCl2N4O3/c1-31-20-8-12(22-27-17-9-15(25)16(26)10-18(17)28-22)6-7-19(20)32-11-21-29-30-23(33-21)13-4-2-3-5-14(13)24/h2-10H,11H2,1H3,(H,27,28). The van der Waals surface area contributed by atoms with Crippen LogP contribution in [-0.4, -0.2) is 27.3 Å². The molecule has 10 heteroatoms. The number of nitrogens with zero attached hydrogens (tertiary/aromatic N) is 3. The molecule has 7 nitrogen and oxygen atoms in total. The largest absolute Gasteiger partial charge is 0.493 e. The summed E-state index contributed by atoms with van der Waals surface area (Å²) < 4.78 is 18.0. The molecule has 2 heterocycles. The number of H-pyrrole nitrogens is 1. The summed E-state index contributed by atoms with van der Waals surface area (Å²) >= 11 is 15.7. The van der Waals surface area contributed by atoms with Gasteiger partial charge in [0.15, 0.2) is 18.1 Å². The first-order chi connectivity index (χ1) is 16.0. The van der Waals surface area contributed by atoms with Crippen LogP contribution in [0.25, 0.3) is 33.9 Å². The number of aromatic amines is 1. The van der Waals surface area contributed by atoms with Crippen molar-refractivity contribution in [2.75, 3.05) is 7.11 Å². The lowest BCUT2D eigenvalue weighted by Crippen LogP contribution is -1.98. The summed E-state index contributed by atoms with van der Waals surface area (Å²) in [6.07, 6.45) is 0. The van der Waals surface area contributed by atoms with Crippen LogP contribution in [0.5, 0.6) is 11.5 Å². The summed E-state index contributed by atoms with van der Waals surface area (Å²) in [7, 11) is 1.57. The zero-order valence-corrected chi connectivity index (χ0v) is 20.2. The second-order valence-electron chi connectivity index (χ2n) is 7.00. The SMILES string of the molecule is COc1cc(-c2nc3cc(Cl)c(Cl)cc3[nH]2)ccc1OCc1nnc(-c2ccccc2Br)o1. The van der Waals surface area contributed by atoms with E-state index in [0.29, 0.717) is 39.2 Å². The zero-order valence-electron chi connectivity index (χ0n) is 17.1. The first kappa shape index (κ1) is 21.8. The molecule has 0 spiro atoms. The quantitative estimate of drug-likeness (QED) is 0.249. The maximum atomic E-state index is 6.10. The molecule has 0 bridgehead atoms. The summed E-state index contributed by atoms with van der Waals surface area (Å²) in [6.45, 7) is 0.0921. The lowest BCUT2D eigenvalue weighted by atomic mass is 10.2. The highest BCUT2D eigenvalue weighted by atomic mass is 79.9. The lowest BCUT2D eigenvalue weighted by molar-refractivity contribution is 0.251. The minimum Gasteiger partial charge on any atom is -0.493 e. The van der Waals surface area contributed by atoms with Crippen molar-refractivity contribution in [3.63, 3.8) is 0 Å². The van der Waals surface area contributed by atoms with E-state index in [1.807, 2.05) is 36.4 Å². The monoisotopic (exact) mass is 544 g/mol. The van der Waals surface area contributed by atoms with Gasteiger partial charge in [0.25, 0.3) is 5.89 Å². The number of benzene rings is 3. The molecule has 5 rings (SSSR count). The summed E-state index contributed by atoms with van der Waals surface area (Å²) in [5.41, 5.74) is 3.13. The number of hydrogen-bond acceptors (Lipinski definition) is 6. The second kappa shape index (κ2) is 9.05. The van der Waals surface area contributed by atoms with E-state index in [9.17, 15) is 0 Å². The molecule has 2 aromatic heterocycles. The molecule has 0 fully saturated rings. The van der Waals surface area contributed by atoms with Crippen LogP contribution in [0.15, 0.2) is 63.5 Å². The molecule has 0 saturated carbocycles. The number of fused-ring (bicyclic) bond motifs is 1. The molecular formula is C23H15BrCl2N4O3. The average Bonchev–Trinajstić information content (AvgIpc) is 3.45. The maximum Gasteiger partial charge on any atom is 0.254 e. The summed E-state index contributed by atoms with van der Waals surface area (Å²) in [6, 6.07) is 16.6. The minimum absolute atomic E-state index is 0.0921. The van der Waals surface area contributed by atoms with Gasteiger partial charge in [0.2, 0.25) is 5.89 Å². The van der Waals surface area contributed by atoms with Gasteiger partial charge in [-0.1, -0.05) is 35.3 Å². The normalized spacial score (nSPS) is 11.2. The molecule has 0 atom stereocenters. The summed E-state index contributed by atoms with van der Waals surface area (Å²) in [5.74, 6) is 2.48. The smallest absolute Gasteiger partial charge is 0.254 e. The average molecular weight is 546 g/mol. The van der Waals surface area contributed by atoms with Gasteiger partial charge in [-0.25, -0.2) is 4.98 Å². The predicted octanol–water partition coefficient (Wildman–Crippen LogP) is 6.94. The molecule has 0 aliphatic heterocycles. The van der Waals surface area contributed by atoms with Gasteiger partial charge in [-0.05, 0) is 58.4 Å². The minimum atomic E-state index is 0.0921. The Labute approximate surface area is 206 Å². The van der Waals surface area contributed by atoms with E-state index in [1.165, 1.54) is 0 Å². The molecule has 0 unspecified atom stereocenters. The van der Waals surface area contributed by atoms with Gasteiger partial charge in [0.1, 0.15) is 5.82 Å². The number of rotatable bonds is 6. The number of methoxy groups -OCH3 is 1. The summed E-state index contributed by atoms with van der Waals surface area (Å²) in [4.78, 5) is 7.83. The fourth-order valence-electron chi connectivity index (χ4n) is 3.27. The van der Waals surface area contributed by atoms with Gasteiger partial charge >= 0.3 is 0 Å². The highest BCUT2D eigenvalue weighted by Gasteiger charge is 2.15. The van der Waals surface area contributed by atoms with E-state index < -0.39 is 0 Å². The zero-order chi connectivity index (χ0) is 22.9. The lowest BCUT2D eigenvalue weighted by Gasteiger charge is -2.10. The van der Waals surface area contributed by atoms with Crippen molar-refractivity contribution in [2.45, 2.75) is 6.61 Å². The van der Waals surface area contributed by atoms with Crippen molar-refractivity contribution in [3.8, 4) is 34.3 Å². The number of hydrogen-bond donors (Lipinski definition) is 1. The molecule has 0 amide bonds. The van der Waals surface area contributed by atoms with Crippen LogP contribution in [0.3, 0.4) is 0 Å². The third-order valence-electron chi connectivity index (χ3n) is 4.88. The van der Waals surface area contributed by atoms with Crippen molar-refractivity contribution in [1.29, 1.82) is 0 Å². The van der Waals surface area contributed by atoms with E-state index in [0.717, 1.165) is 26.6 Å². The van der Waals surface area contributed by atoms with Crippen molar-refractivity contribution < 1.29 is 13.9 Å². The number of halogens is 3. The van der Waals surface area contributed by atoms with Gasteiger partial charge in [0.05, 0.1) is 33.8 Å². The highest BCUT2D eigenvalue weighted by Crippen LogP contribution is 2.34. The maximum absolute atomic E-state index is 6.10. The second-order valence-corrected chi connectivity index (χ2v) is 8.67. The van der Waals surface area contributed by atoms with Gasteiger partial charge < -0.3 is 18.9 Å². The van der Waals surface area contributed by atoms with Crippen LogP contribution in [0.2, 0.25) is 10.0 Å². The van der Waals surface area contributed by atoms with Crippen LogP contribution in [0, 0.1) is 0 Å². The third kappa shape index (κ3) is 4.42. The fourth-order valence-corrected chi connectivity index (χ4v) is 4.05. The van der Waals surface area contributed by atoms with E-state index in [1.54, 1.807) is 25.3 Å². The molecule has 0 radical (unpaired) electrons. The number of nitrogens with one attached hydrogen (secondary N) is 1. The van der Waals surface area contributed by atoms with Crippen LogP contribution in [0.1, 0.15) is 5.89 Å². The van der Waals surface area contributed by atoms with Crippen LogP contribution < -0.4 is 9.47 Å². The van der Waals surface area contributed by atoms with Gasteiger partial charge in [-0.3, -0.25) is 0 Å². The van der Waals surface area contributed by atoms with Crippen LogP contribution in [0.4, 0.5) is 0 Å². The Morgan fingerprint density at radius 2 is 1.82 bits per heavy atom. The molecule has 0 aliphatic carbocycles. The van der Waals surface area contributed by atoms with E-state index in [-0.39, 0.29) is 6.61 Å².